The number of allylic oxidation sites excluding steroid dienone is 2. The molecule has 0 aliphatic heterocycles. The molecule has 0 bridgehead atoms. The molecule has 0 fully saturated rings. The molecule has 0 unspecified atom stereocenters. The zero-order valence-corrected chi connectivity index (χ0v) is 34.6. The van der Waals surface area contributed by atoms with Crippen molar-refractivity contribution in [2.45, 2.75) is 60.3 Å². The van der Waals surface area contributed by atoms with Gasteiger partial charge in [0, 0.05) is 57.1 Å². The molecule has 19 nitrogen and oxygen atoms in total. The van der Waals surface area contributed by atoms with E-state index in [0.717, 1.165) is 0 Å². The Hall–Kier alpha value is -6.59. The first-order chi connectivity index (χ1) is 28.1. The molecule has 6 rings (SSSR count). The Morgan fingerprint density at radius 2 is 1.29 bits per heavy atom. The lowest BCUT2D eigenvalue weighted by Crippen LogP contribution is -2.20. The maximum absolute atomic E-state index is 13.7. The molecule has 0 saturated heterocycles. The minimum absolute atomic E-state index is 0.145. The zero-order valence-electron chi connectivity index (χ0n) is 33.7. The van der Waals surface area contributed by atoms with Gasteiger partial charge in [-0.05, 0) is 70.2 Å². The van der Waals surface area contributed by atoms with Crippen molar-refractivity contribution < 1.29 is 33.0 Å². The van der Waals surface area contributed by atoms with Gasteiger partial charge < -0.3 is 29.9 Å². The maximum Gasteiger partial charge on any atom is 0.276 e. The number of aromatic nitrogens is 8. The summed E-state index contributed by atoms with van der Waals surface area (Å²) in [7, 11) is -2.70. The lowest BCUT2D eigenvalue weighted by Gasteiger charge is -2.13. The summed E-state index contributed by atoms with van der Waals surface area (Å²) in [6.45, 7) is 12.1. The van der Waals surface area contributed by atoms with Crippen LogP contribution >= 0.6 is 7.37 Å². The molecule has 6 N–H and O–H groups in total. The Morgan fingerprint density at radius 3 is 1.85 bits per heavy atom. The number of nitrogens with one attached hydrogen (secondary N) is 2. The van der Waals surface area contributed by atoms with Crippen molar-refractivity contribution >= 4 is 65.0 Å². The highest BCUT2D eigenvalue weighted by atomic mass is 31.2. The molecular formula is C39H47N12O7P. The summed E-state index contributed by atoms with van der Waals surface area (Å²) in [4.78, 5) is 61.0. The number of carbonyl (C=O) groups is 4. The molecule has 0 atom stereocenters. The number of nitrogens with zero attached hydrogens (tertiary/aromatic N) is 8. The Morgan fingerprint density at radius 1 is 0.746 bits per heavy atom. The Bertz CT molecular complexity index is 2660. The maximum atomic E-state index is 13.7. The fourth-order valence-corrected chi connectivity index (χ4v) is 7.04. The lowest BCUT2D eigenvalue weighted by atomic mass is 10.1. The number of primary amides is 2. The molecule has 6 aromatic rings. The number of fused-ring (bicyclic) bond motifs is 2. The second-order valence-corrected chi connectivity index (χ2v) is 16.8. The second-order valence-electron chi connectivity index (χ2n) is 14.0. The Kier molecular flexibility index (Phi) is 12.5. The smallest absolute Gasteiger partial charge is 0.276 e. The number of imidazole rings is 2. The SMILES string of the molecule is CCn1nc(C)cc1C(=O)Nc1nc2cc(C(N)=O)ccc2n1C/C=C/Cn1c(NC(=O)c2cc(C)nn2CC)nc2cc(C(N)=O)cc(OCCCOP(C)(C)=O)c21. The van der Waals surface area contributed by atoms with Crippen LogP contribution in [0.15, 0.2) is 54.6 Å². The second kappa shape index (κ2) is 17.5. The number of hydrogen-bond donors (Lipinski definition) is 4. The first-order valence-electron chi connectivity index (χ1n) is 18.9. The van der Waals surface area contributed by atoms with Gasteiger partial charge in [-0.2, -0.15) is 10.2 Å². The van der Waals surface area contributed by atoms with Crippen molar-refractivity contribution in [3.05, 3.63) is 88.5 Å². The van der Waals surface area contributed by atoms with E-state index in [1.807, 2.05) is 26.0 Å². The van der Waals surface area contributed by atoms with Crippen LogP contribution in [-0.2, 0) is 35.3 Å². The molecule has 0 aliphatic carbocycles. The average molecular weight is 827 g/mol. The summed E-state index contributed by atoms with van der Waals surface area (Å²) < 4.78 is 30.3. The van der Waals surface area contributed by atoms with Gasteiger partial charge in [-0.15, -0.1) is 0 Å². The van der Waals surface area contributed by atoms with Crippen LogP contribution in [0.3, 0.4) is 0 Å². The van der Waals surface area contributed by atoms with Crippen molar-refractivity contribution in [1.82, 2.24) is 38.7 Å². The van der Waals surface area contributed by atoms with Crippen LogP contribution in [0.2, 0.25) is 0 Å². The molecule has 310 valence electrons. The van der Waals surface area contributed by atoms with E-state index < -0.39 is 31.0 Å². The zero-order chi connectivity index (χ0) is 42.6. The summed E-state index contributed by atoms with van der Waals surface area (Å²) >= 11 is 0. The van der Waals surface area contributed by atoms with Gasteiger partial charge in [-0.3, -0.25) is 43.7 Å². The van der Waals surface area contributed by atoms with E-state index in [4.69, 9.17) is 25.7 Å². The highest BCUT2D eigenvalue weighted by molar-refractivity contribution is 7.57. The molecule has 2 aromatic carbocycles. The van der Waals surface area contributed by atoms with Crippen molar-refractivity contribution in [1.29, 1.82) is 0 Å². The third-order valence-corrected chi connectivity index (χ3v) is 9.94. The van der Waals surface area contributed by atoms with E-state index in [1.54, 1.807) is 62.7 Å². The number of carbonyl (C=O) groups excluding carboxylic acids is 4. The molecule has 0 radical (unpaired) electrons. The molecule has 4 amide bonds. The first-order valence-corrected chi connectivity index (χ1v) is 21.4. The predicted molar refractivity (Wildman–Crippen MR) is 222 cm³/mol. The van der Waals surface area contributed by atoms with E-state index in [0.29, 0.717) is 64.4 Å². The normalized spacial score (nSPS) is 11.8. The van der Waals surface area contributed by atoms with Gasteiger partial charge in [-0.25, -0.2) is 9.97 Å². The van der Waals surface area contributed by atoms with Crippen LogP contribution < -0.4 is 26.8 Å². The van der Waals surface area contributed by atoms with E-state index in [2.05, 4.69) is 25.8 Å². The Balaban J connectivity index is 1.36. The van der Waals surface area contributed by atoms with Crippen molar-refractivity contribution in [3.63, 3.8) is 0 Å². The number of aryl methyl sites for hydroxylation is 4. The number of hydrogen-bond acceptors (Lipinski definition) is 11. The molecule has 59 heavy (non-hydrogen) atoms. The average Bonchev–Trinajstić information content (AvgIpc) is 3.94. The molecule has 0 aliphatic rings. The minimum atomic E-state index is -2.70. The van der Waals surface area contributed by atoms with Gasteiger partial charge in [0.2, 0.25) is 23.7 Å². The van der Waals surface area contributed by atoms with Crippen molar-refractivity contribution in [3.8, 4) is 5.75 Å². The van der Waals surface area contributed by atoms with Crippen LogP contribution in [0.4, 0.5) is 11.9 Å². The van der Waals surface area contributed by atoms with Gasteiger partial charge in [-0.1, -0.05) is 12.2 Å². The Labute approximate surface area is 339 Å². The standard InChI is InChI=1S/C39H47N12O7P/c1-7-50-30(18-23(3)46-50)36(54)44-38-42-27-20-25(34(40)52)12-13-29(27)48(38)14-9-10-15-49-33-28(43-39(49)45-37(55)31-19-24(4)47-51(31)8-2)21-26(35(41)53)22-32(33)57-16-11-17-58-59(5,6)56/h9-10,12-13,18-22H,7-8,11,14-17H2,1-6H3,(H2,40,52)(H2,41,53)(H,42,44,54)(H,43,45,55)/b10-9+. The number of rotatable bonds is 18. The van der Waals surface area contributed by atoms with Gasteiger partial charge in [0.25, 0.3) is 11.8 Å². The predicted octanol–water partition coefficient (Wildman–Crippen LogP) is 4.72. The highest BCUT2D eigenvalue weighted by Gasteiger charge is 2.23. The van der Waals surface area contributed by atoms with Crippen LogP contribution in [0, 0.1) is 13.8 Å². The van der Waals surface area contributed by atoms with Gasteiger partial charge in [0.1, 0.15) is 22.7 Å². The monoisotopic (exact) mass is 826 g/mol. The highest BCUT2D eigenvalue weighted by Crippen LogP contribution is 2.37. The van der Waals surface area contributed by atoms with Crippen molar-refractivity contribution in [2.24, 2.45) is 11.5 Å². The van der Waals surface area contributed by atoms with Gasteiger partial charge >= 0.3 is 0 Å². The van der Waals surface area contributed by atoms with Crippen LogP contribution in [0.1, 0.15) is 73.3 Å². The third-order valence-electron chi connectivity index (χ3n) is 9.13. The van der Waals surface area contributed by atoms with E-state index in [1.165, 1.54) is 25.5 Å². The fraction of sp³-hybridized carbons (Fsp3) is 0.333. The number of nitrogens with two attached hydrogens (primary N) is 2. The first kappa shape index (κ1) is 42.0. The van der Waals surface area contributed by atoms with Crippen LogP contribution in [0.25, 0.3) is 22.1 Å². The summed E-state index contributed by atoms with van der Waals surface area (Å²) in [5.74, 6) is -1.53. The number of ether oxygens (including phenoxy) is 1. The molecule has 4 heterocycles. The largest absolute Gasteiger partial charge is 0.491 e. The fourth-order valence-electron chi connectivity index (χ4n) is 6.47. The number of benzene rings is 2. The van der Waals surface area contributed by atoms with Crippen molar-refractivity contribution in [2.75, 3.05) is 37.2 Å². The van der Waals surface area contributed by atoms with Gasteiger partial charge in [0.05, 0.1) is 41.2 Å². The summed E-state index contributed by atoms with van der Waals surface area (Å²) in [5.41, 5.74) is 15.6. The summed E-state index contributed by atoms with van der Waals surface area (Å²) in [6, 6.07) is 11.2. The summed E-state index contributed by atoms with van der Waals surface area (Å²) in [6.07, 6.45) is 4.07. The van der Waals surface area contributed by atoms with Gasteiger partial charge in [0.15, 0.2) is 7.37 Å². The molecular weight excluding hydrogens is 779 g/mol. The topological polar surface area (TPSA) is 251 Å². The van der Waals surface area contributed by atoms with E-state index in [9.17, 15) is 23.7 Å². The minimum Gasteiger partial charge on any atom is -0.491 e. The molecule has 0 spiro atoms. The van der Waals surface area contributed by atoms with Crippen LogP contribution in [-0.4, -0.2) is 88.8 Å². The lowest BCUT2D eigenvalue weighted by molar-refractivity contribution is 0.0992. The van der Waals surface area contributed by atoms with E-state index in [-0.39, 0.29) is 55.1 Å². The third kappa shape index (κ3) is 9.59. The van der Waals surface area contributed by atoms with E-state index >= 15 is 0 Å². The quantitative estimate of drug-likeness (QED) is 0.0524. The molecule has 0 saturated carbocycles. The summed E-state index contributed by atoms with van der Waals surface area (Å²) in [5, 5.41) is 14.6. The molecule has 4 aromatic heterocycles. The number of anilines is 2. The van der Waals surface area contributed by atoms with Crippen LogP contribution in [0.5, 0.6) is 5.75 Å². The molecule has 20 heteroatoms. The number of amides is 4.